The van der Waals surface area contributed by atoms with Crippen molar-refractivity contribution in [3.8, 4) is 11.5 Å². The van der Waals surface area contributed by atoms with Crippen LogP contribution in [0.3, 0.4) is 0 Å². The zero-order valence-corrected chi connectivity index (χ0v) is 10.0. The number of imidazole rings is 1. The van der Waals surface area contributed by atoms with Crippen LogP contribution in [0.5, 0.6) is 0 Å². The maximum atomic E-state index is 12.0. The van der Waals surface area contributed by atoms with E-state index in [1.807, 2.05) is 6.33 Å². The first-order chi connectivity index (χ1) is 8.83. The molecule has 2 heterocycles. The first kappa shape index (κ1) is 10.1. The number of aryl methyl sites for hydroxylation is 1. The number of fused-ring (bicyclic) bond motifs is 1. The molecule has 0 saturated heterocycles. The zero-order chi connectivity index (χ0) is 12.1. The van der Waals surface area contributed by atoms with Crippen molar-refractivity contribution < 1.29 is 0 Å². The summed E-state index contributed by atoms with van der Waals surface area (Å²) in [4.78, 5) is 23.7. The number of H-pyrrole nitrogens is 1. The molecule has 0 atom stereocenters. The van der Waals surface area contributed by atoms with Gasteiger partial charge in [-0.3, -0.25) is 4.79 Å². The molecule has 2 aromatic rings. The average molecular weight is 242 g/mol. The summed E-state index contributed by atoms with van der Waals surface area (Å²) in [6, 6.07) is 0.543. The monoisotopic (exact) mass is 242 g/mol. The average Bonchev–Trinajstić information content (AvgIpc) is 2.92. The Labute approximate surface area is 104 Å². The largest absolute Gasteiger partial charge is 0.325 e. The van der Waals surface area contributed by atoms with Crippen molar-refractivity contribution in [2.45, 2.75) is 38.1 Å². The van der Waals surface area contributed by atoms with E-state index >= 15 is 0 Å². The van der Waals surface area contributed by atoms with E-state index in [9.17, 15) is 4.79 Å². The molecule has 2 aliphatic rings. The van der Waals surface area contributed by atoms with Crippen LogP contribution >= 0.6 is 0 Å². The van der Waals surface area contributed by atoms with E-state index in [1.165, 1.54) is 12.8 Å². The van der Waals surface area contributed by atoms with E-state index in [-0.39, 0.29) is 5.56 Å². The Morgan fingerprint density at radius 3 is 3.06 bits per heavy atom. The third-order valence-corrected chi connectivity index (χ3v) is 3.79. The Morgan fingerprint density at radius 1 is 1.33 bits per heavy atom. The minimum Gasteiger partial charge on any atom is -0.325 e. The molecule has 1 fully saturated rings. The third-order valence-electron chi connectivity index (χ3n) is 3.79. The lowest BCUT2D eigenvalue weighted by atomic mass is 10.2. The van der Waals surface area contributed by atoms with Gasteiger partial charge in [-0.2, -0.15) is 0 Å². The maximum Gasteiger partial charge on any atom is 0.254 e. The van der Waals surface area contributed by atoms with E-state index in [2.05, 4.69) is 19.5 Å². The van der Waals surface area contributed by atoms with Gasteiger partial charge >= 0.3 is 0 Å². The molecule has 18 heavy (non-hydrogen) atoms. The lowest BCUT2D eigenvalue weighted by Gasteiger charge is -2.07. The van der Waals surface area contributed by atoms with Crippen molar-refractivity contribution in [3.05, 3.63) is 34.1 Å². The summed E-state index contributed by atoms with van der Waals surface area (Å²) in [7, 11) is 0. The Morgan fingerprint density at radius 2 is 2.22 bits per heavy atom. The van der Waals surface area contributed by atoms with Gasteiger partial charge < -0.3 is 9.55 Å². The van der Waals surface area contributed by atoms with Crippen LogP contribution < -0.4 is 5.56 Å². The fraction of sp³-hybridized carbons (Fsp3) is 0.462. The van der Waals surface area contributed by atoms with Crippen LogP contribution in [0.2, 0.25) is 0 Å². The first-order valence-electron chi connectivity index (χ1n) is 6.47. The Balaban J connectivity index is 1.87. The predicted molar refractivity (Wildman–Crippen MR) is 66.4 cm³/mol. The molecular weight excluding hydrogens is 228 g/mol. The van der Waals surface area contributed by atoms with Crippen molar-refractivity contribution >= 4 is 0 Å². The molecule has 0 radical (unpaired) electrons. The number of nitrogens with zero attached hydrogens (tertiary/aromatic N) is 3. The highest BCUT2D eigenvalue weighted by Crippen LogP contribution is 2.37. The van der Waals surface area contributed by atoms with Crippen molar-refractivity contribution in [1.29, 1.82) is 0 Å². The second-order valence-corrected chi connectivity index (χ2v) is 5.11. The molecule has 0 bridgehead atoms. The summed E-state index contributed by atoms with van der Waals surface area (Å²) in [5.41, 5.74) is 2.80. The van der Waals surface area contributed by atoms with Crippen molar-refractivity contribution in [2.75, 3.05) is 0 Å². The van der Waals surface area contributed by atoms with Crippen LogP contribution in [-0.2, 0) is 12.8 Å². The Hall–Kier alpha value is -1.91. The summed E-state index contributed by atoms with van der Waals surface area (Å²) in [5, 5.41) is 0. The summed E-state index contributed by atoms with van der Waals surface area (Å²) < 4.78 is 2.12. The molecule has 2 aliphatic carbocycles. The minimum atomic E-state index is 0.0241. The van der Waals surface area contributed by atoms with Crippen LogP contribution in [0.1, 0.15) is 36.6 Å². The fourth-order valence-corrected chi connectivity index (χ4v) is 2.69. The molecule has 92 valence electrons. The van der Waals surface area contributed by atoms with Gasteiger partial charge in [0.2, 0.25) is 0 Å². The molecule has 0 aliphatic heterocycles. The molecule has 5 heteroatoms. The van der Waals surface area contributed by atoms with Gasteiger partial charge in [-0.25, -0.2) is 9.97 Å². The molecule has 0 aromatic carbocycles. The highest BCUT2D eigenvalue weighted by molar-refractivity contribution is 5.50. The minimum absolute atomic E-state index is 0.0241. The number of hydrogen-bond acceptors (Lipinski definition) is 3. The highest BCUT2D eigenvalue weighted by atomic mass is 16.1. The van der Waals surface area contributed by atoms with Gasteiger partial charge in [-0.1, -0.05) is 0 Å². The van der Waals surface area contributed by atoms with Crippen LogP contribution in [0.15, 0.2) is 17.3 Å². The molecular formula is C13H14N4O. The third kappa shape index (κ3) is 1.43. The van der Waals surface area contributed by atoms with Gasteiger partial charge in [0.25, 0.3) is 5.56 Å². The summed E-state index contributed by atoms with van der Waals surface area (Å²) >= 11 is 0. The van der Waals surface area contributed by atoms with Gasteiger partial charge in [0.1, 0.15) is 5.69 Å². The number of nitrogens with one attached hydrogen (secondary N) is 1. The number of aromatic nitrogens is 4. The maximum absolute atomic E-state index is 12.0. The molecule has 4 rings (SSSR count). The molecule has 0 spiro atoms. The van der Waals surface area contributed by atoms with Gasteiger partial charge in [-0.05, 0) is 32.1 Å². The van der Waals surface area contributed by atoms with E-state index < -0.39 is 0 Å². The molecule has 0 amide bonds. The van der Waals surface area contributed by atoms with Gasteiger partial charge in [0, 0.05) is 11.6 Å². The Bertz CT molecular complexity index is 666. The predicted octanol–water partition coefficient (Wildman–Crippen LogP) is 1.46. The van der Waals surface area contributed by atoms with E-state index in [4.69, 9.17) is 0 Å². The van der Waals surface area contributed by atoms with Crippen LogP contribution in [-0.4, -0.2) is 19.5 Å². The first-order valence-corrected chi connectivity index (χ1v) is 6.47. The van der Waals surface area contributed by atoms with E-state index in [0.29, 0.717) is 11.9 Å². The van der Waals surface area contributed by atoms with Crippen LogP contribution in [0.25, 0.3) is 11.5 Å². The SMILES string of the molecule is O=c1[nH]c(-c2cncn2C2CC2)nc2c1CCC2. The second-order valence-electron chi connectivity index (χ2n) is 5.11. The quantitative estimate of drug-likeness (QED) is 0.867. The lowest BCUT2D eigenvalue weighted by molar-refractivity contribution is 0.741. The molecule has 0 unspecified atom stereocenters. The highest BCUT2D eigenvalue weighted by Gasteiger charge is 2.27. The van der Waals surface area contributed by atoms with Crippen molar-refractivity contribution in [2.24, 2.45) is 0 Å². The molecule has 2 aromatic heterocycles. The van der Waals surface area contributed by atoms with E-state index in [1.54, 1.807) is 6.20 Å². The normalized spacial score (nSPS) is 18.0. The lowest BCUT2D eigenvalue weighted by Crippen LogP contribution is -2.16. The molecule has 5 nitrogen and oxygen atoms in total. The zero-order valence-electron chi connectivity index (χ0n) is 10.0. The Kier molecular flexibility index (Phi) is 1.98. The van der Waals surface area contributed by atoms with Gasteiger partial charge in [0.15, 0.2) is 5.82 Å². The van der Waals surface area contributed by atoms with Crippen molar-refractivity contribution in [1.82, 2.24) is 19.5 Å². The summed E-state index contributed by atoms with van der Waals surface area (Å²) in [6.45, 7) is 0. The van der Waals surface area contributed by atoms with E-state index in [0.717, 1.165) is 36.2 Å². The standard InChI is InChI=1S/C13H14N4O/c18-13-9-2-1-3-10(9)15-12(16-13)11-6-14-7-17(11)8-4-5-8/h6-8H,1-5H2,(H,15,16,18). The smallest absolute Gasteiger partial charge is 0.254 e. The molecule has 1 saturated carbocycles. The summed E-state index contributed by atoms with van der Waals surface area (Å²) in [5.74, 6) is 0.671. The summed E-state index contributed by atoms with van der Waals surface area (Å²) in [6.07, 6.45) is 8.83. The van der Waals surface area contributed by atoms with Crippen molar-refractivity contribution in [3.63, 3.8) is 0 Å². The van der Waals surface area contributed by atoms with Gasteiger partial charge in [-0.15, -0.1) is 0 Å². The number of aromatic amines is 1. The topological polar surface area (TPSA) is 63.6 Å². The van der Waals surface area contributed by atoms with Crippen LogP contribution in [0, 0.1) is 0 Å². The fourth-order valence-electron chi connectivity index (χ4n) is 2.69. The van der Waals surface area contributed by atoms with Gasteiger partial charge in [0.05, 0.1) is 18.2 Å². The van der Waals surface area contributed by atoms with Crippen LogP contribution in [0.4, 0.5) is 0 Å². The number of rotatable bonds is 2. The second kappa shape index (κ2) is 3.54. The number of hydrogen-bond donors (Lipinski definition) is 1. The molecule has 1 N–H and O–H groups in total.